The predicted octanol–water partition coefficient (Wildman–Crippen LogP) is 0.953. The van der Waals surface area contributed by atoms with Gasteiger partial charge in [-0.3, -0.25) is 0 Å². The fourth-order valence-corrected chi connectivity index (χ4v) is 3.88. The van der Waals surface area contributed by atoms with E-state index in [0.717, 1.165) is 0 Å². The summed E-state index contributed by atoms with van der Waals surface area (Å²) in [5.41, 5.74) is 0.961. The zero-order valence-corrected chi connectivity index (χ0v) is 12.1. The highest BCUT2D eigenvalue weighted by molar-refractivity contribution is 7.93. The maximum Gasteiger partial charge on any atom is 0.269 e. The molecule has 3 rings (SSSR count). The number of aromatic nitrogens is 3. The minimum atomic E-state index is -3.71. The van der Waals surface area contributed by atoms with Crippen LogP contribution in [-0.2, 0) is 10.0 Å². The molecule has 1 aliphatic heterocycles. The third-order valence-corrected chi connectivity index (χ3v) is 4.95. The Kier molecular flexibility index (Phi) is 3.28. The summed E-state index contributed by atoms with van der Waals surface area (Å²) in [6.45, 7) is 2.26. The van der Waals surface area contributed by atoms with Gasteiger partial charge in [0.25, 0.3) is 10.0 Å². The van der Waals surface area contributed by atoms with E-state index in [2.05, 4.69) is 20.2 Å². The van der Waals surface area contributed by atoms with E-state index in [-0.39, 0.29) is 10.8 Å². The first-order valence-corrected chi connectivity index (χ1v) is 7.85. The highest BCUT2D eigenvalue weighted by Gasteiger charge is 2.36. The molecule has 7 nitrogen and oxygen atoms in total. The van der Waals surface area contributed by atoms with E-state index in [0.29, 0.717) is 30.0 Å². The molecule has 0 saturated heterocycles. The van der Waals surface area contributed by atoms with Gasteiger partial charge in [-0.15, -0.1) is 0 Å². The minimum Gasteiger partial charge on any atom is -0.407 e. The van der Waals surface area contributed by atoms with Crippen LogP contribution < -0.4 is 9.53 Å². The Hall–Kier alpha value is -2.16. The van der Waals surface area contributed by atoms with Crippen LogP contribution in [0.15, 0.2) is 29.4 Å². The number of pyridine rings is 1. The lowest BCUT2D eigenvalue weighted by Crippen LogP contribution is -2.36. The molecule has 0 saturated carbocycles. The normalized spacial score (nSPS) is 15.2. The van der Waals surface area contributed by atoms with E-state index in [4.69, 9.17) is 7.98 Å². The Morgan fingerprint density at radius 1 is 1.38 bits per heavy atom. The molecular weight excluding hydrogens is 289 g/mol. The summed E-state index contributed by atoms with van der Waals surface area (Å²) in [5, 5.41) is 2.32. The van der Waals surface area contributed by atoms with Gasteiger partial charge in [-0.05, 0) is 18.6 Å². The van der Waals surface area contributed by atoms with Crippen molar-refractivity contribution in [1.82, 2.24) is 15.0 Å². The lowest BCUT2D eigenvalue weighted by molar-refractivity contribution is 0.587. The largest absolute Gasteiger partial charge is 0.407 e. The van der Waals surface area contributed by atoms with E-state index < -0.39 is 10.0 Å². The highest BCUT2D eigenvalue weighted by atomic mass is 32.2. The monoisotopic (exact) mass is 301 g/mol. The van der Waals surface area contributed by atoms with Gasteiger partial charge in [0.05, 0.1) is 6.20 Å². The first-order chi connectivity index (χ1) is 10.1. The molecule has 2 aromatic rings. The zero-order valence-electron chi connectivity index (χ0n) is 11.3. The van der Waals surface area contributed by atoms with Gasteiger partial charge in [-0.1, -0.05) is 6.92 Å². The first kappa shape index (κ1) is 13.8. The van der Waals surface area contributed by atoms with Crippen molar-refractivity contribution in [2.24, 2.45) is 0 Å². The second-order valence-electron chi connectivity index (χ2n) is 4.50. The summed E-state index contributed by atoms with van der Waals surface area (Å²) in [6, 6.07) is 3.52. The molecule has 0 fully saturated rings. The van der Waals surface area contributed by atoms with Crippen molar-refractivity contribution in [3.63, 3.8) is 0 Å². The third kappa shape index (κ3) is 2.04. The average Bonchev–Trinajstić information content (AvgIpc) is 2.51. The van der Waals surface area contributed by atoms with Crippen LogP contribution in [0.4, 0.5) is 11.8 Å². The van der Waals surface area contributed by atoms with Gasteiger partial charge >= 0.3 is 0 Å². The van der Waals surface area contributed by atoms with Gasteiger partial charge in [0, 0.05) is 18.3 Å². The standard InChI is InChI=1S/C12H12BN5O2S/c1-2-6-18-11-8(4-3-5-14-11)10-9(21(18,19)20)7-15-12(16-10)17-13/h3-5,7H,2,6H2,1H3,(H,15,16,17). The summed E-state index contributed by atoms with van der Waals surface area (Å²) in [7, 11) is 1.59. The molecule has 1 N–H and O–H groups in total. The molecule has 21 heavy (non-hydrogen) atoms. The van der Waals surface area contributed by atoms with Crippen molar-refractivity contribution in [1.29, 1.82) is 0 Å². The molecule has 0 spiro atoms. The maximum atomic E-state index is 12.7. The lowest BCUT2D eigenvalue weighted by Gasteiger charge is -2.29. The number of fused-ring (bicyclic) bond motifs is 3. The molecule has 0 atom stereocenters. The Balaban J connectivity index is 2.33. The van der Waals surface area contributed by atoms with Gasteiger partial charge in [-0.25, -0.2) is 27.7 Å². The van der Waals surface area contributed by atoms with Gasteiger partial charge in [-0.2, -0.15) is 0 Å². The van der Waals surface area contributed by atoms with E-state index in [1.54, 1.807) is 18.3 Å². The second kappa shape index (κ2) is 4.99. The van der Waals surface area contributed by atoms with Gasteiger partial charge in [0.2, 0.25) is 13.9 Å². The number of nitrogens with one attached hydrogen (secondary N) is 1. The Bertz CT molecular complexity index is 796. The van der Waals surface area contributed by atoms with Crippen molar-refractivity contribution in [2.45, 2.75) is 18.2 Å². The molecule has 9 heteroatoms. The summed E-state index contributed by atoms with van der Waals surface area (Å²) < 4.78 is 26.7. The molecule has 0 unspecified atom stereocenters. The van der Waals surface area contributed by atoms with Crippen LogP contribution in [-0.4, -0.2) is 37.9 Å². The smallest absolute Gasteiger partial charge is 0.269 e. The molecule has 106 valence electrons. The van der Waals surface area contributed by atoms with Gasteiger partial charge in [0.1, 0.15) is 10.6 Å². The van der Waals surface area contributed by atoms with Crippen LogP contribution in [0, 0.1) is 0 Å². The Morgan fingerprint density at radius 2 is 2.19 bits per heavy atom. The molecule has 2 radical (unpaired) electrons. The predicted molar refractivity (Wildman–Crippen MR) is 79.5 cm³/mol. The summed E-state index contributed by atoms with van der Waals surface area (Å²) in [4.78, 5) is 12.3. The maximum absolute atomic E-state index is 12.7. The Morgan fingerprint density at radius 3 is 2.90 bits per heavy atom. The van der Waals surface area contributed by atoms with Gasteiger partial charge < -0.3 is 5.23 Å². The van der Waals surface area contributed by atoms with Crippen molar-refractivity contribution in [3.8, 4) is 11.3 Å². The Labute approximate surface area is 123 Å². The van der Waals surface area contributed by atoms with Crippen LogP contribution in [0.3, 0.4) is 0 Å². The number of hydrogen-bond donors (Lipinski definition) is 1. The fraction of sp³-hybridized carbons (Fsp3) is 0.250. The van der Waals surface area contributed by atoms with Crippen LogP contribution in [0.5, 0.6) is 0 Å². The fourth-order valence-electron chi connectivity index (χ4n) is 2.26. The van der Waals surface area contributed by atoms with Crippen molar-refractivity contribution < 1.29 is 8.42 Å². The molecule has 0 aromatic carbocycles. The lowest BCUT2D eigenvalue weighted by atomic mass is 10.1. The zero-order chi connectivity index (χ0) is 15.0. The molecule has 0 bridgehead atoms. The summed E-state index contributed by atoms with van der Waals surface area (Å²) >= 11 is 0. The number of anilines is 2. The van der Waals surface area contributed by atoms with E-state index in [1.807, 2.05) is 6.92 Å². The molecule has 2 aromatic heterocycles. The summed E-state index contributed by atoms with van der Waals surface area (Å²) in [5.74, 6) is 0.538. The number of sulfonamides is 1. The van der Waals surface area contributed by atoms with Crippen LogP contribution in [0.1, 0.15) is 13.3 Å². The van der Waals surface area contributed by atoms with Crippen LogP contribution in [0.2, 0.25) is 0 Å². The quantitative estimate of drug-likeness (QED) is 0.849. The van der Waals surface area contributed by atoms with Crippen molar-refractivity contribution in [2.75, 3.05) is 16.1 Å². The number of hydrogen-bond acceptors (Lipinski definition) is 6. The highest BCUT2D eigenvalue weighted by Crippen LogP contribution is 2.40. The molecule has 3 heterocycles. The first-order valence-electron chi connectivity index (χ1n) is 6.41. The average molecular weight is 301 g/mol. The summed E-state index contributed by atoms with van der Waals surface area (Å²) in [6.07, 6.45) is 3.50. The van der Waals surface area contributed by atoms with Crippen molar-refractivity contribution in [3.05, 3.63) is 24.5 Å². The topological polar surface area (TPSA) is 88.1 Å². The van der Waals surface area contributed by atoms with E-state index in [9.17, 15) is 8.42 Å². The van der Waals surface area contributed by atoms with Crippen LogP contribution >= 0.6 is 0 Å². The molecule has 1 aliphatic rings. The molecular formula is C12H12BN5O2S. The SMILES string of the molecule is [B]Nc1ncc2c(n1)-c1cccnc1N(CCC)S2(=O)=O. The van der Waals surface area contributed by atoms with E-state index >= 15 is 0 Å². The number of nitrogens with zero attached hydrogens (tertiary/aromatic N) is 4. The number of rotatable bonds is 3. The van der Waals surface area contributed by atoms with E-state index in [1.165, 1.54) is 10.5 Å². The minimum absolute atomic E-state index is 0.0652. The molecule has 0 amide bonds. The molecule has 0 aliphatic carbocycles. The van der Waals surface area contributed by atoms with Crippen molar-refractivity contribution >= 4 is 29.8 Å². The van der Waals surface area contributed by atoms with Crippen LogP contribution in [0.25, 0.3) is 11.3 Å². The third-order valence-electron chi connectivity index (χ3n) is 3.16. The van der Waals surface area contributed by atoms with Gasteiger partial charge in [0.15, 0.2) is 5.82 Å². The second-order valence-corrected chi connectivity index (χ2v) is 6.33.